The van der Waals surface area contributed by atoms with Crippen LogP contribution in [-0.2, 0) is 6.54 Å². The maximum Gasteiger partial charge on any atom is 0.223 e. The van der Waals surface area contributed by atoms with Crippen LogP contribution in [-0.4, -0.2) is 31.4 Å². The molecule has 6 nitrogen and oxygen atoms in total. The second-order valence-electron chi connectivity index (χ2n) is 5.68. The maximum absolute atomic E-state index is 5.10. The van der Waals surface area contributed by atoms with Crippen LogP contribution in [0, 0.1) is 6.92 Å². The van der Waals surface area contributed by atoms with Gasteiger partial charge in [-0.25, -0.2) is 0 Å². The molecule has 1 aliphatic rings. The lowest BCUT2D eigenvalue weighted by Gasteiger charge is -2.20. The van der Waals surface area contributed by atoms with Gasteiger partial charge in [-0.1, -0.05) is 5.16 Å². The molecular weight excluding hydrogens is 254 g/mol. The van der Waals surface area contributed by atoms with Gasteiger partial charge < -0.3 is 4.52 Å². The van der Waals surface area contributed by atoms with Gasteiger partial charge in [-0.2, -0.15) is 10.1 Å². The summed E-state index contributed by atoms with van der Waals surface area (Å²) in [6.07, 6.45) is 4.30. The summed E-state index contributed by atoms with van der Waals surface area (Å²) in [4.78, 5) is 6.76. The van der Waals surface area contributed by atoms with Crippen LogP contribution in [0.2, 0.25) is 0 Å². The molecule has 0 amide bonds. The third kappa shape index (κ3) is 2.60. The van der Waals surface area contributed by atoms with Crippen molar-refractivity contribution in [1.82, 2.24) is 24.8 Å². The quantitative estimate of drug-likeness (QED) is 0.858. The Kier molecular flexibility index (Phi) is 3.56. The molecule has 6 heteroatoms. The number of hydrogen-bond donors (Lipinski definition) is 0. The molecule has 0 N–H and O–H groups in total. The van der Waals surface area contributed by atoms with Crippen LogP contribution in [0.3, 0.4) is 0 Å². The van der Waals surface area contributed by atoms with Crippen LogP contribution in [0.1, 0.15) is 56.2 Å². The first-order chi connectivity index (χ1) is 9.63. The second-order valence-corrected chi connectivity index (χ2v) is 5.68. The van der Waals surface area contributed by atoms with Crippen LogP contribution >= 0.6 is 0 Å². The molecule has 0 bridgehead atoms. The highest BCUT2D eigenvalue weighted by molar-refractivity contribution is 5.03. The van der Waals surface area contributed by atoms with Gasteiger partial charge in [0.25, 0.3) is 0 Å². The van der Waals surface area contributed by atoms with Crippen molar-refractivity contribution in [2.24, 2.45) is 0 Å². The molecule has 0 aliphatic carbocycles. The van der Waals surface area contributed by atoms with Crippen molar-refractivity contribution in [3.05, 3.63) is 29.7 Å². The van der Waals surface area contributed by atoms with E-state index in [9.17, 15) is 0 Å². The standard InChI is InChI=1S/C14H21N5O/c1-10(2)19-8-6-12(16-19)9-18-7-4-5-13(18)14-15-11(3)20-17-14/h6,8,10,13H,4-5,7,9H2,1-3H3/t13-/m0/s1. The molecule has 0 unspecified atom stereocenters. The summed E-state index contributed by atoms with van der Waals surface area (Å²) in [6.45, 7) is 8.01. The zero-order chi connectivity index (χ0) is 14.1. The predicted octanol–water partition coefficient (Wildman–Crippen LogP) is 2.49. The summed E-state index contributed by atoms with van der Waals surface area (Å²) in [5, 5.41) is 8.69. The number of likely N-dealkylation sites (tertiary alicyclic amines) is 1. The molecule has 1 saturated heterocycles. The Morgan fingerprint density at radius 1 is 1.45 bits per heavy atom. The first-order valence-electron chi connectivity index (χ1n) is 7.22. The van der Waals surface area contributed by atoms with Crippen LogP contribution in [0.15, 0.2) is 16.8 Å². The van der Waals surface area contributed by atoms with Crippen molar-refractivity contribution in [3.63, 3.8) is 0 Å². The molecule has 3 rings (SSSR count). The molecule has 20 heavy (non-hydrogen) atoms. The minimum atomic E-state index is 0.261. The van der Waals surface area contributed by atoms with E-state index in [4.69, 9.17) is 4.52 Å². The van der Waals surface area contributed by atoms with E-state index in [-0.39, 0.29) is 6.04 Å². The van der Waals surface area contributed by atoms with Gasteiger partial charge in [-0.3, -0.25) is 9.58 Å². The molecule has 2 aromatic heterocycles. The number of aryl methyl sites for hydroxylation is 1. The molecular formula is C14H21N5O. The van der Waals surface area contributed by atoms with Crippen molar-refractivity contribution in [2.45, 2.75) is 52.2 Å². The monoisotopic (exact) mass is 275 g/mol. The summed E-state index contributed by atoms with van der Waals surface area (Å²) in [7, 11) is 0. The Morgan fingerprint density at radius 3 is 2.95 bits per heavy atom. The summed E-state index contributed by atoms with van der Waals surface area (Å²) in [5.74, 6) is 1.44. The average Bonchev–Trinajstić information content (AvgIpc) is 3.09. The number of hydrogen-bond acceptors (Lipinski definition) is 5. The lowest BCUT2D eigenvalue weighted by atomic mass is 10.2. The van der Waals surface area contributed by atoms with Crippen molar-refractivity contribution >= 4 is 0 Å². The minimum Gasteiger partial charge on any atom is -0.340 e. The molecule has 2 aromatic rings. The van der Waals surface area contributed by atoms with Gasteiger partial charge in [0.1, 0.15) is 0 Å². The first-order valence-corrected chi connectivity index (χ1v) is 7.22. The molecule has 0 spiro atoms. The summed E-state index contributed by atoms with van der Waals surface area (Å²) in [6, 6.07) is 2.76. The van der Waals surface area contributed by atoms with Crippen molar-refractivity contribution in [3.8, 4) is 0 Å². The first kappa shape index (κ1) is 13.3. The highest BCUT2D eigenvalue weighted by atomic mass is 16.5. The van der Waals surface area contributed by atoms with Crippen LogP contribution in [0.25, 0.3) is 0 Å². The topological polar surface area (TPSA) is 60.0 Å². The van der Waals surface area contributed by atoms with E-state index in [1.54, 1.807) is 0 Å². The molecule has 1 atom stereocenters. The molecule has 3 heterocycles. The van der Waals surface area contributed by atoms with E-state index in [0.717, 1.165) is 31.0 Å². The zero-order valence-corrected chi connectivity index (χ0v) is 12.3. The van der Waals surface area contributed by atoms with E-state index in [0.29, 0.717) is 11.9 Å². The van der Waals surface area contributed by atoms with Gasteiger partial charge in [-0.15, -0.1) is 0 Å². The summed E-state index contributed by atoms with van der Waals surface area (Å²) >= 11 is 0. The van der Waals surface area contributed by atoms with Crippen LogP contribution < -0.4 is 0 Å². The van der Waals surface area contributed by atoms with Gasteiger partial charge in [0.2, 0.25) is 5.89 Å². The smallest absolute Gasteiger partial charge is 0.223 e. The van der Waals surface area contributed by atoms with Crippen molar-refractivity contribution in [2.75, 3.05) is 6.54 Å². The lowest BCUT2D eigenvalue weighted by Crippen LogP contribution is -2.24. The largest absolute Gasteiger partial charge is 0.340 e. The van der Waals surface area contributed by atoms with Crippen LogP contribution in [0.5, 0.6) is 0 Å². The lowest BCUT2D eigenvalue weighted by molar-refractivity contribution is 0.230. The van der Waals surface area contributed by atoms with Crippen molar-refractivity contribution < 1.29 is 4.52 Å². The Labute approximate surface area is 118 Å². The van der Waals surface area contributed by atoms with Gasteiger partial charge in [0.05, 0.1) is 11.7 Å². The van der Waals surface area contributed by atoms with E-state index in [2.05, 4.69) is 40.1 Å². The average molecular weight is 275 g/mol. The van der Waals surface area contributed by atoms with Gasteiger partial charge in [0.15, 0.2) is 5.82 Å². The zero-order valence-electron chi connectivity index (χ0n) is 12.3. The Balaban J connectivity index is 1.72. The van der Waals surface area contributed by atoms with E-state index in [1.807, 2.05) is 17.8 Å². The molecule has 108 valence electrons. The number of rotatable bonds is 4. The second kappa shape index (κ2) is 5.36. The fraction of sp³-hybridized carbons (Fsp3) is 0.643. The maximum atomic E-state index is 5.10. The molecule has 0 saturated carbocycles. The van der Waals surface area contributed by atoms with Crippen molar-refractivity contribution in [1.29, 1.82) is 0 Å². The SMILES string of the molecule is Cc1nc([C@@H]2CCCN2Cc2ccn(C(C)C)n2)no1. The third-order valence-electron chi connectivity index (χ3n) is 3.76. The van der Waals surface area contributed by atoms with E-state index >= 15 is 0 Å². The summed E-state index contributed by atoms with van der Waals surface area (Å²) in [5.41, 5.74) is 1.10. The Morgan fingerprint density at radius 2 is 2.30 bits per heavy atom. The van der Waals surface area contributed by atoms with Gasteiger partial charge in [0, 0.05) is 25.7 Å². The van der Waals surface area contributed by atoms with Gasteiger partial charge in [-0.05, 0) is 39.3 Å². The highest BCUT2D eigenvalue weighted by Gasteiger charge is 2.30. The summed E-state index contributed by atoms with van der Waals surface area (Å²) < 4.78 is 7.10. The third-order valence-corrected chi connectivity index (χ3v) is 3.76. The molecule has 0 aromatic carbocycles. The fourth-order valence-electron chi connectivity index (χ4n) is 2.72. The Hall–Kier alpha value is -1.69. The molecule has 0 radical (unpaired) electrons. The van der Waals surface area contributed by atoms with Crippen LogP contribution in [0.4, 0.5) is 0 Å². The number of aromatic nitrogens is 4. The highest BCUT2D eigenvalue weighted by Crippen LogP contribution is 2.31. The van der Waals surface area contributed by atoms with Gasteiger partial charge >= 0.3 is 0 Å². The number of nitrogens with zero attached hydrogens (tertiary/aromatic N) is 5. The fourth-order valence-corrected chi connectivity index (χ4v) is 2.72. The minimum absolute atomic E-state index is 0.261. The normalized spacial score (nSPS) is 20.1. The van der Waals surface area contributed by atoms with E-state index < -0.39 is 0 Å². The predicted molar refractivity (Wildman–Crippen MR) is 74.0 cm³/mol. The Bertz CT molecular complexity index is 574. The molecule has 1 aliphatic heterocycles. The molecule has 1 fully saturated rings. The van der Waals surface area contributed by atoms with E-state index in [1.165, 1.54) is 6.42 Å².